The lowest BCUT2D eigenvalue weighted by atomic mass is 9.98. The molecule has 2 N–H and O–H groups in total. The SMILES string of the molecule is Cc1cc(Cl)ccc1S(=O)(=O)N1CC2CCC(N)C2C1.Cl. The Balaban J connectivity index is 0.00000161. The first-order valence-corrected chi connectivity index (χ1v) is 8.73. The van der Waals surface area contributed by atoms with Crippen LogP contribution in [0.2, 0.25) is 5.02 Å². The summed E-state index contributed by atoms with van der Waals surface area (Å²) in [5, 5.41) is 0.557. The van der Waals surface area contributed by atoms with Crippen molar-refractivity contribution < 1.29 is 8.42 Å². The van der Waals surface area contributed by atoms with Crippen molar-refractivity contribution in [2.75, 3.05) is 13.1 Å². The van der Waals surface area contributed by atoms with Gasteiger partial charge in [-0.25, -0.2) is 8.42 Å². The summed E-state index contributed by atoms with van der Waals surface area (Å²) in [6, 6.07) is 5.06. The van der Waals surface area contributed by atoms with E-state index < -0.39 is 10.0 Å². The number of hydrogen-bond donors (Lipinski definition) is 1. The van der Waals surface area contributed by atoms with Crippen molar-refractivity contribution in [3.63, 3.8) is 0 Å². The largest absolute Gasteiger partial charge is 0.327 e. The molecule has 21 heavy (non-hydrogen) atoms. The molecule has 3 rings (SSSR count). The molecule has 0 bridgehead atoms. The predicted molar refractivity (Wildman–Crippen MR) is 86.4 cm³/mol. The third kappa shape index (κ3) is 2.94. The Morgan fingerprint density at radius 1 is 1.29 bits per heavy atom. The highest BCUT2D eigenvalue weighted by Gasteiger charge is 2.45. The number of nitrogens with two attached hydrogens (primary N) is 1. The third-order valence-electron chi connectivity index (χ3n) is 4.63. The van der Waals surface area contributed by atoms with Crippen molar-refractivity contribution >= 4 is 34.0 Å². The molecule has 1 saturated heterocycles. The minimum atomic E-state index is -3.43. The summed E-state index contributed by atoms with van der Waals surface area (Å²) in [6.07, 6.45) is 2.06. The average Bonchev–Trinajstić information content (AvgIpc) is 2.92. The topological polar surface area (TPSA) is 63.4 Å². The standard InChI is InChI=1S/C14H19ClN2O2S.ClH/c1-9-6-11(15)3-5-14(9)20(18,19)17-7-10-2-4-13(16)12(10)8-17;/h3,5-6,10,12-13H,2,4,7-8,16H2,1H3;1H. The van der Waals surface area contributed by atoms with Gasteiger partial charge < -0.3 is 5.73 Å². The molecule has 1 aliphatic heterocycles. The summed E-state index contributed by atoms with van der Waals surface area (Å²) in [7, 11) is -3.43. The molecule has 1 aromatic carbocycles. The van der Waals surface area contributed by atoms with Gasteiger partial charge in [0.2, 0.25) is 10.0 Å². The van der Waals surface area contributed by atoms with Crippen LogP contribution in [0.15, 0.2) is 23.1 Å². The molecule has 1 heterocycles. The average molecular weight is 351 g/mol. The number of nitrogens with zero attached hydrogens (tertiary/aromatic N) is 1. The Morgan fingerprint density at radius 3 is 2.62 bits per heavy atom. The van der Waals surface area contributed by atoms with Crippen LogP contribution in [0.25, 0.3) is 0 Å². The second-order valence-electron chi connectivity index (χ2n) is 5.90. The van der Waals surface area contributed by atoms with Crippen molar-refractivity contribution in [1.29, 1.82) is 0 Å². The lowest BCUT2D eigenvalue weighted by Gasteiger charge is -2.19. The monoisotopic (exact) mass is 350 g/mol. The molecule has 0 spiro atoms. The van der Waals surface area contributed by atoms with Gasteiger partial charge in [0, 0.05) is 24.2 Å². The minimum absolute atomic E-state index is 0. The summed E-state index contributed by atoms with van der Waals surface area (Å²) in [5.74, 6) is 0.741. The fourth-order valence-corrected chi connectivity index (χ4v) is 5.47. The highest BCUT2D eigenvalue weighted by molar-refractivity contribution is 7.89. The van der Waals surface area contributed by atoms with Crippen molar-refractivity contribution in [2.45, 2.75) is 30.7 Å². The smallest absolute Gasteiger partial charge is 0.243 e. The Labute approximate surface area is 137 Å². The Bertz CT molecular complexity index is 636. The molecular weight excluding hydrogens is 331 g/mol. The number of aryl methyl sites for hydroxylation is 1. The van der Waals surface area contributed by atoms with Crippen LogP contribution < -0.4 is 5.73 Å². The van der Waals surface area contributed by atoms with E-state index in [-0.39, 0.29) is 18.4 Å². The number of fused-ring (bicyclic) bond motifs is 1. The summed E-state index contributed by atoms with van der Waals surface area (Å²) < 4.78 is 27.1. The Morgan fingerprint density at radius 2 is 2.00 bits per heavy atom. The molecular formula is C14H20Cl2N2O2S. The number of sulfonamides is 1. The van der Waals surface area contributed by atoms with Crippen LogP contribution in [0.1, 0.15) is 18.4 Å². The van der Waals surface area contributed by atoms with Crippen LogP contribution in [-0.2, 0) is 10.0 Å². The molecule has 0 radical (unpaired) electrons. The highest BCUT2D eigenvalue weighted by Crippen LogP contribution is 2.39. The first-order valence-electron chi connectivity index (χ1n) is 6.91. The summed E-state index contributed by atoms with van der Waals surface area (Å²) in [6.45, 7) is 2.93. The van der Waals surface area contributed by atoms with Crippen molar-refractivity contribution in [2.24, 2.45) is 17.6 Å². The molecule has 0 amide bonds. The van der Waals surface area contributed by atoms with Gasteiger partial charge in [-0.3, -0.25) is 0 Å². The molecule has 2 fully saturated rings. The molecule has 1 saturated carbocycles. The fourth-order valence-electron chi connectivity index (χ4n) is 3.50. The first kappa shape index (κ1) is 17.0. The van der Waals surface area contributed by atoms with Gasteiger partial charge in [-0.2, -0.15) is 4.31 Å². The van der Waals surface area contributed by atoms with E-state index >= 15 is 0 Å². The lowest BCUT2D eigenvalue weighted by Crippen LogP contribution is -2.33. The molecule has 0 aromatic heterocycles. The maximum atomic E-state index is 12.7. The van der Waals surface area contributed by atoms with Gasteiger partial charge in [-0.05, 0) is 55.4 Å². The lowest BCUT2D eigenvalue weighted by molar-refractivity contribution is 0.427. The molecule has 118 valence electrons. The summed E-state index contributed by atoms with van der Waals surface area (Å²) in [4.78, 5) is 0.357. The Hall–Kier alpha value is -0.330. The minimum Gasteiger partial charge on any atom is -0.327 e. The van der Waals surface area contributed by atoms with Crippen LogP contribution in [-0.4, -0.2) is 31.9 Å². The zero-order valence-corrected chi connectivity index (χ0v) is 14.2. The fraction of sp³-hybridized carbons (Fsp3) is 0.571. The van der Waals surface area contributed by atoms with Crippen LogP contribution in [0, 0.1) is 18.8 Å². The molecule has 4 nitrogen and oxygen atoms in total. The molecule has 1 aliphatic carbocycles. The maximum Gasteiger partial charge on any atom is 0.243 e. The first-order chi connectivity index (χ1) is 9.39. The zero-order chi connectivity index (χ0) is 14.5. The number of halogens is 2. The van der Waals surface area contributed by atoms with Gasteiger partial charge in [-0.15, -0.1) is 12.4 Å². The van der Waals surface area contributed by atoms with Crippen LogP contribution in [0.3, 0.4) is 0 Å². The number of hydrogen-bond acceptors (Lipinski definition) is 3. The normalized spacial score (nSPS) is 29.2. The van der Waals surface area contributed by atoms with E-state index in [0.29, 0.717) is 40.4 Å². The number of rotatable bonds is 2. The van der Waals surface area contributed by atoms with Crippen LogP contribution in [0.4, 0.5) is 0 Å². The molecule has 2 aliphatic rings. The van der Waals surface area contributed by atoms with E-state index in [2.05, 4.69) is 0 Å². The summed E-state index contributed by atoms with van der Waals surface area (Å²) in [5.41, 5.74) is 6.77. The van der Waals surface area contributed by atoms with Crippen LogP contribution in [0.5, 0.6) is 0 Å². The van der Waals surface area contributed by atoms with Gasteiger partial charge in [0.1, 0.15) is 0 Å². The zero-order valence-electron chi connectivity index (χ0n) is 11.8. The molecule has 1 aromatic rings. The second-order valence-corrected chi connectivity index (χ2v) is 8.24. The molecule has 3 atom stereocenters. The van der Waals surface area contributed by atoms with Crippen molar-refractivity contribution in [3.05, 3.63) is 28.8 Å². The van der Waals surface area contributed by atoms with E-state index in [4.69, 9.17) is 17.3 Å². The predicted octanol–water partition coefficient (Wildman–Crippen LogP) is 2.43. The Kier molecular flexibility index (Phi) is 4.90. The third-order valence-corrected chi connectivity index (χ3v) is 6.86. The van der Waals surface area contributed by atoms with E-state index in [9.17, 15) is 8.42 Å². The van der Waals surface area contributed by atoms with Crippen molar-refractivity contribution in [3.8, 4) is 0 Å². The van der Waals surface area contributed by atoms with Gasteiger partial charge in [0.05, 0.1) is 4.90 Å². The van der Waals surface area contributed by atoms with E-state index in [1.54, 1.807) is 29.4 Å². The maximum absolute atomic E-state index is 12.7. The van der Waals surface area contributed by atoms with E-state index in [1.807, 2.05) is 0 Å². The van der Waals surface area contributed by atoms with E-state index in [0.717, 1.165) is 12.8 Å². The van der Waals surface area contributed by atoms with Gasteiger partial charge >= 0.3 is 0 Å². The van der Waals surface area contributed by atoms with Crippen LogP contribution >= 0.6 is 24.0 Å². The van der Waals surface area contributed by atoms with Crippen molar-refractivity contribution in [1.82, 2.24) is 4.31 Å². The molecule has 7 heteroatoms. The van der Waals surface area contributed by atoms with Gasteiger partial charge in [-0.1, -0.05) is 11.6 Å². The molecule has 3 unspecified atom stereocenters. The summed E-state index contributed by atoms with van der Waals surface area (Å²) >= 11 is 5.90. The van der Waals surface area contributed by atoms with Gasteiger partial charge in [0.25, 0.3) is 0 Å². The highest BCUT2D eigenvalue weighted by atomic mass is 35.5. The second kappa shape index (κ2) is 6.05. The van der Waals surface area contributed by atoms with E-state index in [1.165, 1.54) is 0 Å². The van der Waals surface area contributed by atoms with Gasteiger partial charge in [0.15, 0.2) is 0 Å². The number of benzene rings is 1. The quantitative estimate of drug-likeness (QED) is 0.890.